The standard InChI is InChI=1S/C24H25N5O3/c30-22(10-15-29-20-6-1-2-7-21(20)32-24(29)31)27-13-8-18(9-14-27)23-26-12-16-28(23)17-19-5-3-4-11-25-19/h1-7,11-12,16,18H,8-10,13-15,17H2. The van der Waals surface area contributed by atoms with Gasteiger partial charge in [0, 0.05) is 50.6 Å². The molecular formula is C24H25N5O3. The second-order valence-electron chi connectivity index (χ2n) is 8.13. The van der Waals surface area contributed by atoms with Gasteiger partial charge in [-0.2, -0.15) is 0 Å². The molecule has 164 valence electrons. The van der Waals surface area contributed by atoms with E-state index in [1.165, 1.54) is 4.57 Å². The molecule has 0 unspecified atom stereocenters. The monoisotopic (exact) mass is 431 g/mol. The molecule has 1 aliphatic heterocycles. The van der Waals surface area contributed by atoms with Crippen LogP contribution in [0.2, 0.25) is 0 Å². The number of fused-ring (bicyclic) bond motifs is 1. The van der Waals surface area contributed by atoms with Crippen LogP contribution in [-0.2, 0) is 17.9 Å². The zero-order valence-electron chi connectivity index (χ0n) is 17.8. The van der Waals surface area contributed by atoms with Gasteiger partial charge in [0.05, 0.1) is 17.8 Å². The Labute approximate surface area is 185 Å². The highest BCUT2D eigenvalue weighted by Crippen LogP contribution is 2.27. The van der Waals surface area contributed by atoms with Crippen LogP contribution in [0.1, 0.15) is 36.7 Å². The summed E-state index contributed by atoms with van der Waals surface area (Å²) in [7, 11) is 0. The Morgan fingerprint density at radius 1 is 1.03 bits per heavy atom. The minimum atomic E-state index is -0.419. The topological polar surface area (TPSA) is 86.2 Å². The number of pyridine rings is 1. The molecule has 1 aliphatic rings. The van der Waals surface area contributed by atoms with Crippen LogP contribution in [0, 0.1) is 0 Å². The van der Waals surface area contributed by atoms with Crippen LogP contribution in [0.15, 0.2) is 70.3 Å². The van der Waals surface area contributed by atoms with Crippen LogP contribution in [0.3, 0.4) is 0 Å². The smallest absolute Gasteiger partial charge is 0.408 e. The molecule has 0 bridgehead atoms. The number of oxazole rings is 1. The molecule has 0 N–H and O–H groups in total. The third-order valence-electron chi connectivity index (χ3n) is 6.14. The third-order valence-corrected chi connectivity index (χ3v) is 6.14. The van der Waals surface area contributed by atoms with Crippen LogP contribution in [0.4, 0.5) is 0 Å². The van der Waals surface area contributed by atoms with Crippen molar-refractivity contribution in [2.24, 2.45) is 0 Å². The van der Waals surface area contributed by atoms with Gasteiger partial charge in [0.2, 0.25) is 5.91 Å². The number of hydrogen-bond acceptors (Lipinski definition) is 5. The molecule has 1 saturated heterocycles. The SMILES string of the molecule is O=C(CCn1c(=O)oc2ccccc21)N1CCC(c2nccn2Cc2ccccn2)CC1. The number of piperidine rings is 1. The molecule has 1 aromatic carbocycles. The van der Waals surface area contributed by atoms with Crippen molar-refractivity contribution in [2.45, 2.75) is 38.3 Å². The number of aromatic nitrogens is 4. The Balaban J connectivity index is 1.18. The number of aryl methyl sites for hydroxylation is 1. The quantitative estimate of drug-likeness (QED) is 0.468. The number of para-hydroxylation sites is 2. The number of carbonyl (C=O) groups is 1. The van der Waals surface area contributed by atoms with E-state index in [1.54, 1.807) is 12.3 Å². The van der Waals surface area contributed by atoms with Crippen molar-refractivity contribution in [3.8, 4) is 0 Å². The summed E-state index contributed by atoms with van der Waals surface area (Å²) < 4.78 is 8.94. The molecule has 0 atom stereocenters. The van der Waals surface area contributed by atoms with Gasteiger partial charge in [-0.3, -0.25) is 14.3 Å². The van der Waals surface area contributed by atoms with E-state index in [4.69, 9.17) is 4.42 Å². The first kappa shape index (κ1) is 20.2. The Kier molecular flexibility index (Phi) is 5.58. The van der Waals surface area contributed by atoms with Crippen molar-refractivity contribution < 1.29 is 9.21 Å². The Morgan fingerprint density at radius 2 is 1.84 bits per heavy atom. The number of benzene rings is 1. The van der Waals surface area contributed by atoms with Crippen molar-refractivity contribution in [1.29, 1.82) is 0 Å². The number of likely N-dealkylation sites (tertiary alicyclic amines) is 1. The van der Waals surface area contributed by atoms with Crippen molar-refractivity contribution >= 4 is 17.0 Å². The number of nitrogens with zero attached hydrogens (tertiary/aromatic N) is 5. The lowest BCUT2D eigenvalue weighted by Gasteiger charge is -2.32. The van der Waals surface area contributed by atoms with E-state index in [9.17, 15) is 9.59 Å². The maximum atomic E-state index is 12.8. The Morgan fingerprint density at radius 3 is 2.66 bits per heavy atom. The Bertz CT molecular complexity index is 1270. The van der Waals surface area contributed by atoms with Gasteiger partial charge in [0.15, 0.2) is 5.58 Å². The summed E-state index contributed by atoms with van der Waals surface area (Å²) in [5.41, 5.74) is 2.28. The first-order chi connectivity index (χ1) is 15.7. The molecule has 1 amide bonds. The molecule has 32 heavy (non-hydrogen) atoms. The van der Waals surface area contributed by atoms with E-state index >= 15 is 0 Å². The fourth-order valence-corrected chi connectivity index (χ4v) is 4.46. The highest BCUT2D eigenvalue weighted by molar-refractivity contribution is 5.77. The molecule has 8 nitrogen and oxygen atoms in total. The maximum absolute atomic E-state index is 12.8. The molecule has 1 fully saturated rings. The summed E-state index contributed by atoms with van der Waals surface area (Å²) in [5.74, 6) is 1.02. The lowest BCUT2D eigenvalue weighted by molar-refractivity contribution is -0.132. The molecule has 4 heterocycles. The Hall–Kier alpha value is -3.68. The molecule has 0 aliphatic carbocycles. The van der Waals surface area contributed by atoms with Crippen LogP contribution in [-0.4, -0.2) is 43.0 Å². The summed E-state index contributed by atoms with van der Waals surface area (Å²) in [6, 6.07) is 13.2. The van der Waals surface area contributed by atoms with E-state index in [0.29, 0.717) is 37.7 Å². The van der Waals surface area contributed by atoms with Gasteiger partial charge in [-0.25, -0.2) is 9.78 Å². The molecule has 0 spiro atoms. The number of carbonyl (C=O) groups excluding carboxylic acids is 1. The fourth-order valence-electron chi connectivity index (χ4n) is 4.46. The summed E-state index contributed by atoms with van der Waals surface area (Å²) >= 11 is 0. The summed E-state index contributed by atoms with van der Waals surface area (Å²) in [5, 5.41) is 0. The zero-order valence-corrected chi connectivity index (χ0v) is 17.8. The molecule has 0 saturated carbocycles. The highest BCUT2D eigenvalue weighted by atomic mass is 16.4. The first-order valence-corrected chi connectivity index (χ1v) is 11.0. The highest BCUT2D eigenvalue weighted by Gasteiger charge is 2.26. The van der Waals surface area contributed by atoms with Gasteiger partial charge >= 0.3 is 5.76 Å². The summed E-state index contributed by atoms with van der Waals surface area (Å²) in [6.45, 7) is 2.41. The second-order valence-corrected chi connectivity index (χ2v) is 8.13. The fraction of sp³-hybridized carbons (Fsp3) is 0.333. The van der Waals surface area contributed by atoms with Gasteiger partial charge in [-0.1, -0.05) is 18.2 Å². The molecule has 0 radical (unpaired) electrons. The van der Waals surface area contributed by atoms with E-state index < -0.39 is 5.76 Å². The van der Waals surface area contributed by atoms with E-state index in [-0.39, 0.29) is 12.3 Å². The van der Waals surface area contributed by atoms with E-state index in [1.807, 2.05) is 53.7 Å². The lowest BCUT2D eigenvalue weighted by Crippen LogP contribution is -2.39. The van der Waals surface area contributed by atoms with Crippen molar-refractivity contribution in [3.05, 3.63) is 83.1 Å². The summed E-state index contributed by atoms with van der Waals surface area (Å²) in [6.07, 6.45) is 7.66. The predicted octanol–water partition coefficient (Wildman–Crippen LogP) is 3.03. The zero-order chi connectivity index (χ0) is 21.9. The molecule has 3 aromatic heterocycles. The second kappa shape index (κ2) is 8.82. The number of amides is 1. The number of rotatable bonds is 6. The van der Waals surface area contributed by atoms with Gasteiger partial charge < -0.3 is 13.9 Å². The largest absolute Gasteiger partial charge is 0.419 e. The number of hydrogen-bond donors (Lipinski definition) is 0. The van der Waals surface area contributed by atoms with Gasteiger partial charge in [-0.15, -0.1) is 0 Å². The van der Waals surface area contributed by atoms with Gasteiger partial charge in [0.25, 0.3) is 0 Å². The van der Waals surface area contributed by atoms with Gasteiger partial charge in [-0.05, 0) is 37.1 Å². The van der Waals surface area contributed by atoms with Crippen molar-refractivity contribution in [2.75, 3.05) is 13.1 Å². The van der Waals surface area contributed by atoms with Crippen LogP contribution in [0.5, 0.6) is 0 Å². The maximum Gasteiger partial charge on any atom is 0.419 e. The van der Waals surface area contributed by atoms with Gasteiger partial charge in [0.1, 0.15) is 5.82 Å². The minimum Gasteiger partial charge on any atom is -0.408 e. The molecule has 4 aromatic rings. The van der Waals surface area contributed by atoms with Crippen molar-refractivity contribution in [1.82, 2.24) is 24.0 Å². The molecular weight excluding hydrogens is 406 g/mol. The van der Waals surface area contributed by atoms with Crippen LogP contribution in [0.25, 0.3) is 11.1 Å². The average Bonchev–Trinajstić information content (AvgIpc) is 3.41. The third kappa shape index (κ3) is 4.08. The summed E-state index contributed by atoms with van der Waals surface area (Å²) in [4.78, 5) is 35.8. The van der Waals surface area contributed by atoms with Crippen LogP contribution >= 0.6 is 0 Å². The molecule has 8 heteroatoms. The normalized spacial score (nSPS) is 14.8. The van der Waals surface area contributed by atoms with Crippen molar-refractivity contribution in [3.63, 3.8) is 0 Å². The minimum absolute atomic E-state index is 0.0671. The van der Waals surface area contributed by atoms with E-state index in [2.05, 4.69) is 14.5 Å². The van der Waals surface area contributed by atoms with E-state index in [0.717, 1.165) is 29.9 Å². The first-order valence-electron chi connectivity index (χ1n) is 11.0. The lowest BCUT2D eigenvalue weighted by atomic mass is 9.95. The van der Waals surface area contributed by atoms with Crippen LogP contribution < -0.4 is 5.76 Å². The predicted molar refractivity (Wildman–Crippen MR) is 119 cm³/mol. The molecule has 5 rings (SSSR count). The number of imidazole rings is 1. The average molecular weight is 431 g/mol.